The lowest BCUT2D eigenvalue weighted by atomic mass is 10.1. The third-order valence-corrected chi connectivity index (χ3v) is 4.37. The van der Waals surface area contributed by atoms with E-state index >= 15 is 0 Å². The highest BCUT2D eigenvalue weighted by atomic mass is 16.5. The smallest absolute Gasteiger partial charge is 0.268 e. The van der Waals surface area contributed by atoms with Crippen LogP contribution in [0.3, 0.4) is 0 Å². The molecule has 0 aliphatic carbocycles. The normalized spacial score (nSPS) is 15.9. The van der Waals surface area contributed by atoms with E-state index in [2.05, 4.69) is 11.9 Å². The molecule has 1 heterocycles. The maximum absolute atomic E-state index is 12.5. The number of ether oxygens (including phenoxy) is 1. The highest BCUT2D eigenvalue weighted by molar-refractivity contribution is 6.04. The minimum absolute atomic E-state index is 0.127. The summed E-state index contributed by atoms with van der Waals surface area (Å²) in [5.74, 6) is 0.239. The maximum atomic E-state index is 12.5. The van der Waals surface area contributed by atoms with Gasteiger partial charge in [0.05, 0.1) is 5.69 Å². The molecule has 2 aromatic rings. The van der Waals surface area contributed by atoms with E-state index in [1.165, 1.54) is 11.6 Å². The third kappa shape index (κ3) is 4.49. The van der Waals surface area contributed by atoms with Crippen LogP contribution in [-0.4, -0.2) is 24.5 Å². The van der Waals surface area contributed by atoms with Gasteiger partial charge in [0.1, 0.15) is 5.75 Å². The topological polar surface area (TPSA) is 58.6 Å². The number of nitrogens with zero attached hydrogens (tertiary/aromatic N) is 1. The number of carbonyl (C=O) groups excluding carboxylic acids is 2. The molecule has 144 valence electrons. The summed E-state index contributed by atoms with van der Waals surface area (Å²) in [5.41, 5.74) is 4.21. The van der Waals surface area contributed by atoms with Gasteiger partial charge in [0.25, 0.3) is 5.91 Å². The Morgan fingerprint density at radius 1 is 1.25 bits per heavy atom. The van der Waals surface area contributed by atoms with E-state index in [1.54, 1.807) is 36.1 Å². The van der Waals surface area contributed by atoms with Crippen LogP contribution in [0.4, 0.5) is 11.4 Å². The molecule has 5 heteroatoms. The van der Waals surface area contributed by atoms with Crippen LogP contribution in [-0.2, 0) is 9.59 Å². The zero-order chi connectivity index (χ0) is 20.3. The summed E-state index contributed by atoms with van der Waals surface area (Å²) in [6, 6.07) is 13.2. The number of amides is 2. The molecule has 0 spiro atoms. The summed E-state index contributed by atoms with van der Waals surface area (Å²) in [7, 11) is 0. The second kappa shape index (κ2) is 8.13. The SMILES string of the molecule is C=C(C)CN1C(=O)C(C)Oc2ccc(NC(=O)/C=C/c3ccc(C)cc3)cc21. The number of rotatable bonds is 5. The molecule has 0 bridgehead atoms. The van der Waals surface area contributed by atoms with Crippen LogP contribution in [0, 0.1) is 6.92 Å². The Labute approximate surface area is 165 Å². The van der Waals surface area contributed by atoms with Crippen LogP contribution < -0.4 is 15.0 Å². The van der Waals surface area contributed by atoms with Crippen molar-refractivity contribution in [3.63, 3.8) is 0 Å². The van der Waals surface area contributed by atoms with Gasteiger partial charge in [-0.15, -0.1) is 0 Å². The first kappa shape index (κ1) is 19.4. The Morgan fingerprint density at radius 2 is 1.96 bits per heavy atom. The summed E-state index contributed by atoms with van der Waals surface area (Å²) in [6.45, 7) is 9.91. The number of anilines is 2. The van der Waals surface area contributed by atoms with Crippen LogP contribution in [0.25, 0.3) is 6.08 Å². The average Bonchev–Trinajstić information content (AvgIpc) is 2.65. The van der Waals surface area contributed by atoms with Gasteiger partial charge >= 0.3 is 0 Å². The molecule has 1 aliphatic heterocycles. The van der Waals surface area contributed by atoms with Gasteiger partial charge < -0.3 is 15.0 Å². The summed E-state index contributed by atoms with van der Waals surface area (Å²) < 4.78 is 5.68. The Bertz CT molecular complexity index is 945. The summed E-state index contributed by atoms with van der Waals surface area (Å²) >= 11 is 0. The van der Waals surface area contributed by atoms with Crippen LogP contribution >= 0.6 is 0 Å². The predicted molar refractivity (Wildman–Crippen MR) is 113 cm³/mol. The monoisotopic (exact) mass is 376 g/mol. The molecule has 0 fully saturated rings. The fourth-order valence-electron chi connectivity index (χ4n) is 2.95. The molecule has 1 unspecified atom stereocenters. The van der Waals surface area contributed by atoms with Crippen molar-refractivity contribution in [1.29, 1.82) is 0 Å². The minimum atomic E-state index is -0.551. The van der Waals surface area contributed by atoms with Crippen molar-refractivity contribution in [1.82, 2.24) is 0 Å². The van der Waals surface area contributed by atoms with E-state index in [0.29, 0.717) is 23.7 Å². The third-order valence-electron chi connectivity index (χ3n) is 4.37. The number of aryl methyl sites for hydroxylation is 1. The lowest BCUT2D eigenvalue weighted by Gasteiger charge is -2.33. The zero-order valence-corrected chi connectivity index (χ0v) is 16.4. The second-order valence-corrected chi connectivity index (χ2v) is 7.06. The molecular weight excluding hydrogens is 352 g/mol. The van der Waals surface area contributed by atoms with Crippen molar-refractivity contribution >= 4 is 29.3 Å². The quantitative estimate of drug-likeness (QED) is 0.624. The fraction of sp³-hybridized carbons (Fsp3) is 0.217. The number of fused-ring (bicyclic) bond motifs is 1. The molecule has 2 amide bonds. The van der Waals surface area contributed by atoms with Crippen molar-refractivity contribution in [2.24, 2.45) is 0 Å². The Balaban J connectivity index is 1.77. The van der Waals surface area contributed by atoms with Crippen LogP contribution in [0.2, 0.25) is 0 Å². The fourth-order valence-corrected chi connectivity index (χ4v) is 2.95. The van der Waals surface area contributed by atoms with Crippen molar-refractivity contribution in [2.45, 2.75) is 26.9 Å². The molecule has 28 heavy (non-hydrogen) atoms. The maximum Gasteiger partial charge on any atom is 0.268 e. The van der Waals surface area contributed by atoms with Crippen molar-refractivity contribution < 1.29 is 14.3 Å². The first-order valence-corrected chi connectivity index (χ1v) is 9.15. The van der Waals surface area contributed by atoms with Crippen molar-refractivity contribution in [2.75, 3.05) is 16.8 Å². The van der Waals surface area contributed by atoms with Gasteiger partial charge in [-0.2, -0.15) is 0 Å². The average molecular weight is 376 g/mol. The molecule has 3 rings (SSSR count). The molecule has 0 radical (unpaired) electrons. The Kier molecular flexibility index (Phi) is 5.64. The summed E-state index contributed by atoms with van der Waals surface area (Å²) in [5, 5.41) is 2.83. The lowest BCUT2D eigenvalue weighted by Crippen LogP contribution is -2.45. The van der Waals surface area contributed by atoms with Gasteiger partial charge in [0, 0.05) is 18.3 Å². The zero-order valence-electron chi connectivity index (χ0n) is 16.4. The largest absolute Gasteiger partial charge is 0.479 e. The molecule has 0 aromatic heterocycles. The van der Waals surface area contributed by atoms with E-state index in [9.17, 15) is 9.59 Å². The van der Waals surface area contributed by atoms with Crippen molar-refractivity contribution in [3.8, 4) is 5.75 Å². The molecule has 0 saturated carbocycles. The minimum Gasteiger partial charge on any atom is -0.479 e. The van der Waals surface area contributed by atoms with E-state index < -0.39 is 6.10 Å². The highest BCUT2D eigenvalue weighted by Crippen LogP contribution is 2.36. The number of benzene rings is 2. The van der Waals surface area contributed by atoms with Crippen molar-refractivity contribution in [3.05, 3.63) is 71.8 Å². The Morgan fingerprint density at radius 3 is 2.64 bits per heavy atom. The molecule has 0 saturated heterocycles. The summed E-state index contributed by atoms with van der Waals surface area (Å²) in [4.78, 5) is 26.4. The van der Waals surface area contributed by atoms with Gasteiger partial charge in [-0.05, 0) is 50.6 Å². The van der Waals surface area contributed by atoms with E-state index in [4.69, 9.17) is 4.74 Å². The first-order chi connectivity index (χ1) is 13.3. The predicted octanol–water partition coefficient (Wildman–Crippen LogP) is 4.34. The number of hydrogen-bond acceptors (Lipinski definition) is 3. The Hall–Kier alpha value is -3.34. The van der Waals surface area contributed by atoms with Crippen LogP contribution in [0.5, 0.6) is 5.75 Å². The first-order valence-electron chi connectivity index (χ1n) is 9.15. The second-order valence-electron chi connectivity index (χ2n) is 7.06. The number of carbonyl (C=O) groups is 2. The number of nitrogens with one attached hydrogen (secondary N) is 1. The van der Waals surface area contributed by atoms with Gasteiger partial charge in [-0.3, -0.25) is 9.59 Å². The summed E-state index contributed by atoms with van der Waals surface area (Å²) in [6.07, 6.45) is 2.69. The van der Waals surface area contributed by atoms with E-state index in [1.807, 2.05) is 38.1 Å². The lowest BCUT2D eigenvalue weighted by molar-refractivity contribution is -0.125. The standard InChI is InChI=1S/C23H24N2O3/c1-15(2)14-25-20-13-19(10-11-21(20)28-17(4)23(25)27)24-22(26)12-9-18-7-5-16(3)6-8-18/h5-13,17H,1,14H2,2-4H3,(H,24,26)/b12-9+. The van der Waals surface area contributed by atoms with Crippen LogP contribution in [0.15, 0.2) is 60.7 Å². The van der Waals surface area contributed by atoms with Gasteiger partial charge in [0.2, 0.25) is 5.91 Å². The molecule has 1 atom stereocenters. The molecule has 1 N–H and O–H groups in total. The van der Waals surface area contributed by atoms with Crippen LogP contribution in [0.1, 0.15) is 25.0 Å². The van der Waals surface area contributed by atoms with Gasteiger partial charge in [-0.25, -0.2) is 0 Å². The molecular formula is C23H24N2O3. The highest BCUT2D eigenvalue weighted by Gasteiger charge is 2.31. The van der Waals surface area contributed by atoms with E-state index in [-0.39, 0.29) is 11.8 Å². The number of hydrogen-bond donors (Lipinski definition) is 1. The van der Waals surface area contributed by atoms with E-state index in [0.717, 1.165) is 11.1 Å². The molecule has 1 aliphatic rings. The van der Waals surface area contributed by atoms with Gasteiger partial charge in [-0.1, -0.05) is 42.0 Å². The molecule has 5 nitrogen and oxygen atoms in total. The molecule has 2 aromatic carbocycles. The van der Waals surface area contributed by atoms with Gasteiger partial charge in [0.15, 0.2) is 6.10 Å².